The van der Waals surface area contributed by atoms with E-state index in [9.17, 15) is 4.79 Å². The van der Waals surface area contributed by atoms with E-state index in [4.69, 9.17) is 9.47 Å². The summed E-state index contributed by atoms with van der Waals surface area (Å²) in [6.45, 7) is 6.17. The van der Waals surface area contributed by atoms with Crippen LogP contribution in [0.4, 0.5) is 0 Å². The zero-order valence-corrected chi connectivity index (χ0v) is 11.6. The summed E-state index contributed by atoms with van der Waals surface area (Å²) in [5.74, 6) is 1.02. The monoisotopic (exact) mass is 263 g/mol. The number of Topliss-reactive ketones (excluding diaryl/α,β-unsaturated/α-hetero) is 1. The lowest BCUT2D eigenvalue weighted by Crippen LogP contribution is -2.37. The van der Waals surface area contributed by atoms with Crippen LogP contribution in [0.2, 0.25) is 0 Å². The number of hydrogen-bond acceptors (Lipinski definition) is 4. The van der Waals surface area contributed by atoms with E-state index in [1.165, 1.54) is 0 Å². The number of methoxy groups -OCH3 is 1. The van der Waals surface area contributed by atoms with Crippen LogP contribution >= 0.6 is 0 Å². The van der Waals surface area contributed by atoms with Gasteiger partial charge in [-0.3, -0.25) is 9.69 Å². The highest BCUT2D eigenvalue weighted by Gasteiger charge is 2.13. The van der Waals surface area contributed by atoms with Crippen molar-refractivity contribution in [3.63, 3.8) is 0 Å². The summed E-state index contributed by atoms with van der Waals surface area (Å²) in [6.07, 6.45) is 0.561. The van der Waals surface area contributed by atoms with Gasteiger partial charge in [-0.1, -0.05) is 0 Å². The van der Waals surface area contributed by atoms with E-state index in [0.29, 0.717) is 6.42 Å². The average molecular weight is 263 g/mol. The number of rotatable bonds is 5. The van der Waals surface area contributed by atoms with E-state index in [0.717, 1.165) is 49.7 Å². The van der Waals surface area contributed by atoms with Gasteiger partial charge in [0.25, 0.3) is 0 Å². The molecule has 0 N–H and O–H groups in total. The van der Waals surface area contributed by atoms with Crippen molar-refractivity contribution in [2.75, 3.05) is 40.0 Å². The predicted molar refractivity (Wildman–Crippen MR) is 73.9 cm³/mol. The second-order valence-corrected chi connectivity index (χ2v) is 4.81. The normalized spacial score (nSPS) is 16.3. The lowest BCUT2D eigenvalue weighted by Gasteiger charge is -2.26. The molecule has 2 rings (SSSR count). The molecule has 1 aliphatic rings. The lowest BCUT2D eigenvalue weighted by molar-refractivity contribution is 0.0370. The first kappa shape index (κ1) is 14.0. The maximum atomic E-state index is 12.1. The molecule has 4 nitrogen and oxygen atoms in total. The largest absolute Gasteiger partial charge is 0.496 e. The van der Waals surface area contributed by atoms with Crippen molar-refractivity contribution >= 4 is 5.78 Å². The zero-order valence-electron chi connectivity index (χ0n) is 11.6. The third-order valence-electron chi connectivity index (χ3n) is 3.48. The minimum atomic E-state index is 0.192. The summed E-state index contributed by atoms with van der Waals surface area (Å²) >= 11 is 0. The van der Waals surface area contributed by atoms with E-state index >= 15 is 0 Å². The first-order valence-corrected chi connectivity index (χ1v) is 6.68. The van der Waals surface area contributed by atoms with Crippen LogP contribution in [0.1, 0.15) is 22.3 Å². The van der Waals surface area contributed by atoms with Crippen molar-refractivity contribution in [3.8, 4) is 5.75 Å². The molecule has 1 saturated heterocycles. The Morgan fingerprint density at radius 3 is 2.74 bits per heavy atom. The minimum absolute atomic E-state index is 0.192. The fourth-order valence-corrected chi connectivity index (χ4v) is 2.28. The van der Waals surface area contributed by atoms with Crippen LogP contribution in [0.15, 0.2) is 18.2 Å². The Morgan fingerprint density at radius 1 is 1.37 bits per heavy atom. The van der Waals surface area contributed by atoms with Crippen molar-refractivity contribution < 1.29 is 14.3 Å². The van der Waals surface area contributed by atoms with Crippen LogP contribution in [0.25, 0.3) is 0 Å². The summed E-state index contributed by atoms with van der Waals surface area (Å²) in [7, 11) is 1.64. The number of carbonyl (C=O) groups is 1. The highest BCUT2D eigenvalue weighted by atomic mass is 16.5. The quantitative estimate of drug-likeness (QED) is 0.761. The second-order valence-electron chi connectivity index (χ2n) is 4.81. The topological polar surface area (TPSA) is 38.8 Å². The number of ketones is 1. The number of carbonyl (C=O) groups excluding carboxylic acids is 1. The summed E-state index contributed by atoms with van der Waals surface area (Å²) in [4.78, 5) is 14.4. The van der Waals surface area contributed by atoms with Gasteiger partial charge in [-0.15, -0.1) is 0 Å². The van der Waals surface area contributed by atoms with Gasteiger partial charge in [0, 0.05) is 31.6 Å². The van der Waals surface area contributed by atoms with Crippen LogP contribution in [0.3, 0.4) is 0 Å². The number of morpholine rings is 1. The van der Waals surface area contributed by atoms with Crippen LogP contribution in [0, 0.1) is 6.92 Å². The molecule has 1 aromatic rings. The minimum Gasteiger partial charge on any atom is -0.496 e. The molecule has 0 atom stereocenters. The van der Waals surface area contributed by atoms with Gasteiger partial charge in [0.1, 0.15) is 5.75 Å². The Bertz CT molecular complexity index is 439. The number of nitrogens with zero attached hydrogens (tertiary/aromatic N) is 1. The van der Waals surface area contributed by atoms with Crippen LogP contribution < -0.4 is 4.74 Å². The van der Waals surface area contributed by atoms with Gasteiger partial charge in [0.05, 0.1) is 20.3 Å². The van der Waals surface area contributed by atoms with Gasteiger partial charge in [0.15, 0.2) is 5.78 Å². The van der Waals surface area contributed by atoms with Gasteiger partial charge in [-0.25, -0.2) is 0 Å². The fourth-order valence-electron chi connectivity index (χ4n) is 2.28. The predicted octanol–water partition coefficient (Wildman–Crippen LogP) is 1.91. The molecule has 0 saturated carbocycles. The Kier molecular flexibility index (Phi) is 4.93. The van der Waals surface area contributed by atoms with Crippen molar-refractivity contribution in [2.24, 2.45) is 0 Å². The molecule has 0 aliphatic carbocycles. The summed E-state index contributed by atoms with van der Waals surface area (Å²) in [5.41, 5.74) is 1.77. The maximum absolute atomic E-state index is 12.1. The van der Waals surface area contributed by atoms with Crippen molar-refractivity contribution in [2.45, 2.75) is 13.3 Å². The van der Waals surface area contributed by atoms with Crippen LogP contribution in [-0.2, 0) is 4.74 Å². The molecular formula is C15H21NO3. The second kappa shape index (κ2) is 6.68. The fraction of sp³-hybridized carbons (Fsp3) is 0.533. The Hall–Kier alpha value is -1.39. The highest BCUT2D eigenvalue weighted by Crippen LogP contribution is 2.19. The molecule has 0 radical (unpaired) electrons. The van der Waals surface area contributed by atoms with E-state index in [2.05, 4.69) is 4.90 Å². The zero-order chi connectivity index (χ0) is 13.7. The van der Waals surface area contributed by atoms with Gasteiger partial charge < -0.3 is 9.47 Å². The van der Waals surface area contributed by atoms with E-state index in [1.54, 1.807) is 7.11 Å². The van der Waals surface area contributed by atoms with Crippen molar-refractivity contribution in [1.82, 2.24) is 4.90 Å². The van der Waals surface area contributed by atoms with E-state index in [-0.39, 0.29) is 5.78 Å². The van der Waals surface area contributed by atoms with Gasteiger partial charge in [0.2, 0.25) is 0 Å². The van der Waals surface area contributed by atoms with E-state index in [1.807, 2.05) is 25.1 Å². The molecule has 4 heteroatoms. The number of aryl methyl sites for hydroxylation is 1. The summed E-state index contributed by atoms with van der Waals surface area (Å²) < 4.78 is 10.5. The molecule has 19 heavy (non-hydrogen) atoms. The van der Waals surface area contributed by atoms with Crippen LogP contribution in [0.5, 0.6) is 5.75 Å². The standard InChI is InChI=1S/C15H21NO3/c1-12-11-13(3-4-15(12)18-2)14(17)5-6-16-7-9-19-10-8-16/h3-4,11H,5-10H2,1-2H3. The number of hydrogen-bond donors (Lipinski definition) is 0. The van der Waals surface area contributed by atoms with Gasteiger partial charge >= 0.3 is 0 Å². The maximum Gasteiger partial charge on any atom is 0.164 e. The van der Waals surface area contributed by atoms with Gasteiger partial charge in [-0.2, -0.15) is 0 Å². The molecule has 1 fully saturated rings. The Labute approximate surface area is 114 Å². The molecule has 104 valence electrons. The van der Waals surface area contributed by atoms with Crippen molar-refractivity contribution in [1.29, 1.82) is 0 Å². The Morgan fingerprint density at radius 2 is 2.11 bits per heavy atom. The van der Waals surface area contributed by atoms with E-state index < -0.39 is 0 Å². The SMILES string of the molecule is COc1ccc(C(=O)CCN2CCOCC2)cc1C. The first-order valence-electron chi connectivity index (χ1n) is 6.68. The molecule has 0 unspecified atom stereocenters. The molecule has 1 aliphatic heterocycles. The smallest absolute Gasteiger partial charge is 0.164 e. The Balaban J connectivity index is 1.90. The molecule has 1 aromatic carbocycles. The molecule has 0 amide bonds. The van der Waals surface area contributed by atoms with Crippen LogP contribution in [-0.4, -0.2) is 50.6 Å². The third kappa shape index (κ3) is 3.78. The van der Waals surface area contributed by atoms with Gasteiger partial charge in [-0.05, 0) is 30.7 Å². The molecule has 0 bridgehead atoms. The number of benzene rings is 1. The molecule has 1 heterocycles. The first-order chi connectivity index (χ1) is 9.20. The summed E-state index contributed by atoms with van der Waals surface area (Å²) in [5, 5.41) is 0. The molecule has 0 aromatic heterocycles. The molecular weight excluding hydrogens is 242 g/mol. The highest BCUT2D eigenvalue weighted by molar-refractivity contribution is 5.96. The third-order valence-corrected chi connectivity index (χ3v) is 3.48. The van der Waals surface area contributed by atoms with Crippen molar-refractivity contribution in [3.05, 3.63) is 29.3 Å². The average Bonchev–Trinajstić information content (AvgIpc) is 2.45. The number of ether oxygens (including phenoxy) is 2. The lowest BCUT2D eigenvalue weighted by atomic mass is 10.0. The molecule has 0 spiro atoms. The summed E-state index contributed by atoms with van der Waals surface area (Å²) in [6, 6.07) is 5.60.